The summed E-state index contributed by atoms with van der Waals surface area (Å²) in [6.07, 6.45) is 0.236. The van der Waals surface area contributed by atoms with Crippen molar-refractivity contribution in [2.45, 2.75) is 30.8 Å². The van der Waals surface area contributed by atoms with Gasteiger partial charge in [-0.15, -0.1) is 0 Å². The molecule has 1 aliphatic rings. The molecule has 1 saturated heterocycles. The predicted octanol–water partition coefficient (Wildman–Crippen LogP) is 5.65. The van der Waals surface area contributed by atoms with E-state index in [0.29, 0.717) is 30.3 Å². The summed E-state index contributed by atoms with van der Waals surface area (Å²) in [6.45, 7) is 3.15. The molecular formula is C33H32ClN3O4S. The zero-order valence-electron chi connectivity index (χ0n) is 23.3. The topological polar surface area (TPSA) is 78.0 Å². The van der Waals surface area contributed by atoms with Crippen LogP contribution in [0.2, 0.25) is 5.02 Å². The maximum atomic E-state index is 14.0. The first kappa shape index (κ1) is 29.4. The third-order valence-electron chi connectivity index (χ3n) is 7.36. The molecule has 0 aliphatic carbocycles. The zero-order chi connectivity index (χ0) is 29.7. The number of anilines is 1. The number of amides is 2. The summed E-state index contributed by atoms with van der Waals surface area (Å²) in [5.74, 6) is -0.292. The molecule has 0 aromatic heterocycles. The second-order valence-corrected chi connectivity index (χ2v) is 12.7. The van der Waals surface area contributed by atoms with Crippen LogP contribution in [-0.4, -0.2) is 55.7 Å². The molecule has 42 heavy (non-hydrogen) atoms. The van der Waals surface area contributed by atoms with Gasteiger partial charge in [-0.25, -0.2) is 8.42 Å². The molecule has 0 N–H and O–H groups in total. The van der Waals surface area contributed by atoms with Crippen LogP contribution in [0.25, 0.3) is 0 Å². The Morgan fingerprint density at radius 2 is 1.50 bits per heavy atom. The Morgan fingerprint density at radius 3 is 2.19 bits per heavy atom. The number of nitrogens with zero attached hydrogens (tertiary/aromatic N) is 3. The summed E-state index contributed by atoms with van der Waals surface area (Å²) in [6, 6.07) is 31.6. The van der Waals surface area contributed by atoms with E-state index in [2.05, 4.69) is 0 Å². The Balaban J connectivity index is 1.32. The summed E-state index contributed by atoms with van der Waals surface area (Å²) < 4.78 is 29.3. The van der Waals surface area contributed by atoms with E-state index >= 15 is 0 Å². The molecule has 2 amide bonds. The van der Waals surface area contributed by atoms with Crippen LogP contribution in [0.3, 0.4) is 0 Å². The maximum Gasteiger partial charge on any atom is 0.264 e. The van der Waals surface area contributed by atoms with Crippen molar-refractivity contribution in [2.24, 2.45) is 0 Å². The van der Waals surface area contributed by atoms with E-state index in [1.165, 1.54) is 16.4 Å². The van der Waals surface area contributed by atoms with Crippen LogP contribution in [-0.2, 0) is 27.8 Å². The number of piperazine rings is 1. The number of carbonyl (C=O) groups excluding carboxylic acids is 2. The van der Waals surface area contributed by atoms with Crippen LogP contribution in [0, 0.1) is 0 Å². The second kappa shape index (κ2) is 12.8. The highest BCUT2D eigenvalue weighted by atomic mass is 35.5. The lowest BCUT2D eigenvalue weighted by molar-refractivity contribution is -0.134. The first-order valence-electron chi connectivity index (χ1n) is 13.8. The normalized spacial score (nSPS) is 15.3. The standard InChI is InChI=1S/C33H32ClN3O4S/c1-25-23-35(18-19-36(25)32(38)21-27-12-8-14-29(34)20-27)33(39)28-13-9-17-31(22-28)42(40,41)37(30-15-6-3-7-16-30)24-26-10-4-2-5-11-26/h2-17,20,22,25H,18-19,21,23-24H2,1H3. The number of sulfonamides is 1. The van der Waals surface area contributed by atoms with Crippen LogP contribution >= 0.6 is 11.6 Å². The fourth-order valence-electron chi connectivity index (χ4n) is 5.19. The van der Waals surface area contributed by atoms with Crippen LogP contribution in [0.4, 0.5) is 5.69 Å². The van der Waals surface area contributed by atoms with Crippen molar-refractivity contribution in [2.75, 3.05) is 23.9 Å². The molecule has 5 rings (SSSR count). The van der Waals surface area contributed by atoms with Gasteiger partial charge in [0.2, 0.25) is 5.91 Å². The number of benzene rings is 4. The summed E-state index contributed by atoms with van der Waals surface area (Å²) >= 11 is 6.07. The van der Waals surface area contributed by atoms with Gasteiger partial charge in [-0.1, -0.05) is 78.3 Å². The third kappa shape index (κ3) is 6.66. The number of carbonyl (C=O) groups is 2. The fourth-order valence-corrected chi connectivity index (χ4v) is 6.91. The Morgan fingerprint density at radius 1 is 0.833 bits per heavy atom. The summed E-state index contributed by atoms with van der Waals surface area (Å²) in [7, 11) is -4.00. The maximum absolute atomic E-state index is 14.0. The number of para-hydroxylation sites is 1. The van der Waals surface area contributed by atoms with E-state index in [0.717, 1.165) is 11.1 Å². The first-order chi connectivity index (χ1) is 20.2. The molecule has 7 nitrogen and oxygen atoms in total. The molecule has 1 unspecified atom stereocenters. The van der Waals surface area contributed by atoms with Gasteiger partial charge < -0.3 is 9.80 Å². The van der Waals surface area contributed by atoms with Crippen LogP contribution < -0.4 is 4.31 Å². The Kier molecular flexibility index (Phi) is 8.94. The number of rotatable bonds is 8. The minimum atomic E-state index is -4.00. The summed E-state index contributed by atoms with van der Waals surface area (Å²) in [5, 5.41) is 0.583. The lowest BCUT2D eigenvalue weighted by Crippen LogP contribution is -2.55. The first-order valence-corrected chi connectivity index (χ1v) is 15.6. The molecule has 0 spiro atoms. The Labute approximate surface area is 252 Å². The van der Waals surface area contributed by atoms with Crippen molar-refractivity contribution < 1.29 is 18.0 Å². The minimum Gasteiger partial charge on any atom is -0.336 e. The Hall–Kier alpha value is -4.14. The van der Waals surface area contributed by atoms with Crippen LogP contribution in [0.15, 0.2) is 114 Å². The van der Waals surface area contributed by atoms with E-state index in [4.69, 9.17) is 11.6 Å². The molecule has 1 heterocycles. The van der Waals surface area contributed by atoms with E-state index in [1.54, 1.807) is 58.3 Å². The smallest absolute Gasteiger partial charge is 0.264 e. The fraction of sp³-hybridized carbons (Fsp3) is 0.212. The quantitative estimate of drug-likeness (QED) is 0.261. The number of hydrogen-bond acceptors (Lipinski definition) is 4. The number of halogens is 1. The highest BCUT2D eigenvalue weighted by Gasteiger charge is 2.31. The van der Waals surface area contributed by atoms with E-state index in [1.807, 2.05) is 55.5 Å². The molecular weight excluding hydrogens is 570 g/mol. The van der Waals surface area contributed by atoms with Crippen molar-refractivity contribution in [3.63, 3.8) is 0 Å². The van der Waals surface area contributed by atoms with Crippen molar-refractivity contribution in [3.05, 3.63) is 131 Å². The largest absolute Gasteiger partial charge is 0.336 e. The van der Waals surface area contributed by atoms with Crippen molar-refractivity contribution in [3.8, 4) is 0 Å². The van der Waals surface area contributed by atoms with Gasteiger partial charge in [0.1, 0.15) is 0 Å². The van der Waals surface area contributed by atoms with Crippen molar-refractivity contribution in [1.29, 1.82) is 0 Å². The molecule has 1 fully saturated rings. The molecule has 0 bridgehead atoms. The monoisotopic (exact) mass is 601 g/mol. The van der Waals surface area contributed by atoms with Gasteiger partial charge in [0.05, 0.1) is 23.5 Å². The predicted molar refractivity (Wildman–Crippen MR) is 165 cm³/mol. The van der Waals surface area contributed by atoms with Gasteiger partial charge in [-0.3, -0.25) is 13.9 Å². The van der Waals surface area contributed by atoms with Crippen LogP contribution in [0.5, 0.6) is 0 Å². The molecule has 1 aliphatic heterocycles. The lowest BCUT2D eigenvalue weighted by atomic mass is 10.1. The van der Waals surface area contributed by atoms with Crippen molar-refractivity contribution in [1.82, 2.24) is 9.80 Å². The van der Waals surface area contributed by atoms with Gasteiger partial charge in [0.15, 0.2) is 0 Å². The average molecular weight is 602 g/mol. The van der Waals surface area contributed by atoms with Crippen LogP contribution in [0.1, 0.15) is 28.4 Å². The third-order valence-corrected chi connectivity index (χ3v) is 9.37. The molecule has 4 aromatic rings. The van der Waals surface area contributed by atoms with Gasteiger partial charge in [0, 0.05) is 36.3 Å². The summed E-state index contributed by atoms with van der Waals surface area (Å²) in [5.41, 5.74) is 2.50. The SMILES string of the molecule is CC1CN(C(=O)c2cccc(S(=O)(=O)N(Cc3ccccc3)c3ccccc3)c2)CCN1C(=O)Cc1cccc(Cl)c1. The molecule has 4 aromatic carbocycles. The van der Waals surface area contributed by atoms with Gasteiger partial charge >= 0.3 is 0 Å². The molecule has 1 atom stereocenters. The molecule has 0 saturated carbocycles. The van der Waals surface area contributed by atoms with Gasteiger partial charge in [-0.05, 0) is 60.5 Å². The van der Waals surface area contributed by atoms with E-state index < -0.39 is 10.0 Å². The van der Waals surface area contributed by atoms with Gasteiger partial charge in [0.25, 0.3) is 15.9 Å². The molecule has 216 valence electrons. The van der Waals surface area contributed by atoms with Gasteiger partial charge in [-0.2, -0.15) is 0 Å². The highest BCUT2D eigenvalue weighted by Crippen LogP contribution is 2.27. The minimum absolute atomic E-state index is 0.0237. The molecule has 9 heteroatoms. The Bertz CT molecular complexity index is 1670. The molecule has 0 radical (unpaired) electrons. The number of hydrogen-bond donors (Lipinski definition) is 0. The van der Waals surface area contributed by atoms with Crippen molar-refractivity contribution >= 4 is 39.1 Å². The zero-order valence-corrected chi connectivity index (χ0v) is 24.8. The summed E-state index contributed by atoms with van der Waals surface area (Å²) in [4.78, 5) is 30.1. The van der Waals surface area contributed by atoms with E-state index in [-0.39, 0.29) is 41.3 Å². The average Bonchev–Trinajstić information content (AvgIpc) is 3.00. The highest BCUT2D eigenvalue weighted by molar-refractivity contribution is 7.92. The lowest BCUT2D eigenvalue weighted by Gasteiger charge is -2.40. The van der Waals surface area contributed by atoms with E-state index in [9.17, 15) is 18.0 Å². The second-order valence-electron chi connectivity index (χ2n) is 10.4.